The average molecular weight is 227 g/mol. The van der Waals surface area contributed by atoms with Gasteiger partial charge in [0, 0.05) is 7.11 Å². The molecule has 1 atom stereocenters. The molecule has 0 N–H and O–H groups in total. The monoisotopic (exact) mass is 227 g/mol. The van der Waals surface area contributed by atoms with Crippen LogP contribution in [-0.4, -0.2) is 20.0 Å². The van der Waals surface area contributed by atoms with Crippen molar-refractivity contribution < 1.29 is 9.53 Å². The van der Waals surface area contributed by atoms with E-state index in [-0.39, 0.29) is 5.92 Å². The van der Waals surface area contributed by atoms with Crippen LogP contribution in [-0.2, 0) is 16.0 Å². The molecule has 2 aromatic carbocycles. The van der Waals surface area contributed by atoms with Gasteiger partial charge in [0.15, 0.2) is 0 Å². The lowest BCUT2D eigenvalue weighted by Crippen LogP contribution is -2.12. The maximum absolute atomic E-state index is 10.8. The Hall–Kier alpha value is -1.67. The Morgan fingerprint density at radius 3 is 2.71 bits per heavy atom. The van der Waals surface area contributed by atoms with Crippen LogP contribution in [0.25, 0.3) is 10.8 Å². The summed E-state index contributed by atoms with van der Waals surface area (Å²) in [5, 5.41) is 2.40. The summed E-state index contributed by atoms with van der Waals surface area (Å²) in [6.45, 7) is 0.423. The van der Waals surface area contributed by atoms with Gasteiger partial charge < -0.3 is 4.74 Å². The molecule has 2 nitrogen and oxygen atoms in total. The van der Waals surface area contributed by atoms with E-state index in [1.807, 2.05) is 24.5 Å². The topological polar surface area (TPSA) is 26.3 Å². The Kier molecular flexibility index (Phi) is 3.89. The standard InChI is InChI=1S/C15H15O2/c1-17-11-12(10-16)9-14-7-4-6-13-5-2-3-8-15(13)14/h2-8,12H,9,11H2,1H3. The van der Waals surface area contributed by atoms with Crippen LogP contribution in [0.5, 0.6) is 0 Å². The van der Waals surface area contributed by atoms with Crippen LogP contribution in [0.2, 0.25) is 0 Å². The van der Waals surface area contributed by atoms with Crippen molar-refractivity contribution in [2.45, 2.75) is 6.42 Å². The minimum absolute atomic E-state index is 0.189. The molecule has 0 heterocycles. The van der Waals surface area contributed by atoms with E-state index in [1.165, 1.54) is 16.3 Å². The molecule has 0 aliphatic rings. The van der Waals surface area contributed by atoms with Gasteiger partial charge in [-0.15, -0.1) is 0 Å². The molecule has 0 aromatic heterocycles. The minimum atomic E-state index is -0.189. The normalized spacial score (nSPS) is 12.5. The predicted molar refractivity (Wildman–Crippen MR) is 68.7 cm³/mol. The first-order valence-electron chi connectivity index (χ1n) is 5.68. The third kappa shape index (κ3) is 2.71. The molecule has 0 saturated carbocycles. The molecule has 0 fully saturated rings. The number of benzene rings is 2. The van der Waals surface area contributed by atoms with E-state index in [2.05, 4.69) is 24.3 Å². The summed E-state index contributed by atoms with van der Waals surface area (Å²) in [4.78, 5) is 10.8. The summed E-state index contributed by atoms with van der Waals surface area (Å²) >= 11 is 0. The highest BCUT2D eigenvalue weighted by Gasteiger charge is 2.11. The number of hydrogen-bond acceptors (Lipinski definition) is 2. The molecule has 17 heavy (non-hydrogen) atoms. The molecule has 0 spiro atoms. The highest BCUT2D eigenvalue weighted by molar-refractivity contribution is 5.85. The summed E-state index contributed by atoms with van der Waals surface area (Å²) in [6, 6.07) is 14.4. The van der Waals surface area contributed by atoms with Gasteiger partial charge in [-0.05, 0) is 22.8 Å². The van der Waals surface area contributed by atoms with E-state index in [1.54, 1.807) is 7.11 Å². The Balaban J connectivity index is 2.31. The summed E-state index contributed by atoms with van der Waals surface area (Å²) in [5.74, 6) is -0.189. The second-order valence-corrected chi connectivity index (χ2v) is 4.11. The number of carbonyl (C=O) groups excluding carboxylic acids is 1. The van der Waals surface area contributed by atoms with Gasteiger partial charge in [0.05, 0.1) is 12.5 Å². The lowest BCUT2D eigenvalue weighted by molar-refractivity contribution is 0.174. The SMILES string of the molecule is COCC([C]=O)Cc1cccc2ccccc12. The number of ether oxygens (including phenoxy) is 1. The molecular weight excluding hydrogens is 212 g/mol. The van der Waals surface area contributed by atoms with Gasteiger partial charge >= 0.3 is 0 Å². The fraction of sp³-hybridized carbons (Fsp3) is 0.267. The molecule has 0 saturated heterocycles. The van der Waals surface area contributed by atoms with Crippen molar-refractivity contribution in [3.05, 3.63) is 48.0 Å². The maximum Gasteiger partial charge on any atom is 0.204 e. The number of hydrogen-bond donors (Lipinski definition) is 0. The fourth-order valence-electron chi connectivity index (χ4n) is 2.07. The Bertz CT molecular complexity index is 500. The van der Waals surface area contributed by atoms with Gasteiger partial charge in [0.2, 0.25) is 6.29 Å². The smallest absolute Gasteiger partial charge is 0.204 e. The van der Waals surface area contributed by atoms with Crippen molar-refractivity contribution in [3.63, 3.8) is 0 Å². The first-order chi connectivity index (χ1) is 8.35. The molecule has 1 unspecified atom stereocenters. The molecule has 2 rings (SSSR count). The van der Waals surface area contributed by atoms with Crippen LogP contribution in [0.4, 0.5) is 0 Å². The van der Waals surface area contributed by atoms with Gasteiger partial charge in [0.1, 0.15) is 0 Å². The van der Waals surface area contributed by atoms with Gasteiger partial charge in [-0.1, -0.05) is 42.5 Å². The highest BCUT2D eigenvalue weighted by Crippen LogP contribution is 2.20. The summed E-state index contributed by atoms with van der Waals surface area (Å²) in [7, 11) is 1.60. The summed E-state index contributed by atoms with van der Waals surface area (Å²) < 4.78 is 5.02. The largest absolute Gasteiger partial charge is 0.384 e. The van der Waals surface area contributed by atoms with Crippen molar-refractivity contribution in [1.82, 2.24) is 0 Å². The van der Waals surface area contributed by atoms with E-state index >= 15 is 0 Å². The van der Waals surface area contributed by atoms with Gasteiger partial charge in [-0.3, -0.25) is 4.79 Å². The summed E-state index contributed by atoms with van der Waals surface area (Å²) in [5.41, 5.74) is 1.17. The third-order valence-corrected chi connectivity index (χ3v) is 2.88. The fourth-order valence-corrected chi connectivity index (χ4v) is 2.07. The molecule has 0 amide bonds. The second kappa shape index (κ2) is 5.60. The zero-order valence-electron chi connectivity index (χ0n) is 9.85. The minimum Gasteiger partial charge on any atom is -0.384 e. The Morgan fingerprint density at radius 2 is 1.94 bits per heavy atom. The maximum atomic E-state index is 10.8. The zero-order chi connectivity index (χ0) is 12.1. The Morgan fingerprint density at radius 1 is 1.18 bits per heavy atom. The van der Waals surface area contributed by atoms with Crippen molar-refractivity contribution in [3.8, 4) is 0 Å². The molecule has 2 aromatic rings. The van der Waals surface area contributed by atoms with Crippen molar-refractivity contribution >= 4 is 17.1 Å². The average Bonchev–Trinajstić information content (AvgIpc) is 2.38. The molecule has 0 aliphatic heterocycles. The number of rotatable bonds is 5. The van der Waals surface area contributed by atoms with E-state index in [4.69, 9.17) is 4.74 Å². The quantitative estimate of drug-likeness (QED) is 0.785. The van der Waals surface area contributed by atoms with E-state index in [9.17, 15) is 4.79 Å². The molecule has 2 heteroatoms. The van der Waals surface area contributed by atoms with Crippen LogP contribution in [0.3, 0.4) is 0 Å². The van der Waals surface area contributed by atoms with Crippen LogP contribution in [0.15, 0.2) is 42.5 Å². The summed E-state index contributed by atoms with van der Waals surface area (Å²) in [6.07, 6.45) is 2.72. The Labute approximate surface area is 101 Å². The molecule has 87 valence electrons. The number of fused-ring (bicyclic) bond motifs is 1. The van der Waals surface area contributed by atoms with Crippen molar-refractivity contribution in [1.29, 1.82) is 0 Å². The lowest BCUT2D eigenvalue weighted by atomic mass is 9.96. The second-order valence-electron chi connectivity index (χ2n) is 4.11. The van der Waals surface area contributed by atoms with Gasteiger partial charge in [-0.2, -0.15) is 0 Å². The van der Waals surface area contributed by atoms with E-state index in [0.29, 0.717) is 13.0 Å². The highest BCUT2D eigenvalue weighted by atomic mass is 16.5. The van der Waals surface area contributed by atoms with Crippen molar-refractivity contribution in [2.75, 3.05) is 13.7 Å². The van der Waals surface area contributed by atoms with Crippen molar-refractivity contribution in [2.24, 2.45) is 5.92 Å². The van der Waals surface area contributed by atoms with E-state index < -0.39 is 0 Å². The molecule has 0 bridgehead atoms. The first-order valence-corrected chi connectivity index (χ1v) is 5.68. The first kappa shape index (κ1) is 11.8. The molecular formula is C15H15O2. The lowest BCUT2D eigenvalue weighted by Gasteiger charge is -2.10. The predicted octanol–water partition coefficient (Wildman–Crippen LogP) is 2.75. The van der Waals surface area contributed by atoms with Crippen LogP contribution >= 0.6 is 0 Å². The molecule has 0 aliphatic carbocycles. The van der Waals surface area contributed by atoms with Crippen LogP contribution < -0.4 is 0 Å². The zero-order valence-corrected chi connectivity index (χ0v) is 9.85. The number of methoxy groups -OCH3 is 1. The van der Waals surface area contributed by atoms with Crippen LogP contribution in [0.1, 0.15) is 5.56 Å². The molecule has 1 radical (unpaired) electrons. The van der Waals surface area contributed by atoms with Gasteiger partial charge in [0.25, 0.3) is 0 Å². The van der Waals surface area contributed by atoms with Gasteiger partial charge in [-0.25, -0.2) is 0 Å². The van der Waals surface area contributed by atoms with Crippen LogP contribution in [0, 0.1) is 5.92 Å². The van der Waals surface area contributed by atoms with E-state index in [0.717, 1.165) is 0 Å². The third-order valence-electron chi connectivity index (χ3n) is 2.88.